The number of piperazine rings is 1. The molecule has 1 atom stereocenters. The third-order valence-corrected chi connectivity index (χ3v) is 5.90. The van der Waals surface area contributed by atoms with Crippen molar-refractivity contribution in [3.63, 3.8) is 0 Å². The van der Waals surface area contributed by atoms with Gasteiger partial charge in [-0.25, -0.2) is 0 Å². The van der Waals surface area contributed by atoms with Crippen LogP contribution in [0, 0.1) is 0 Å². The largest absolute Gasteiger partial charge is 0.491 e. The van der Waals surface area contributed by atoms with Crippen LogP contribution in [-0.2, 0) is 12.0 Å². The maximum atomic E-state index is 10.5. The zero-order valence-corrected chi connectivity index (χ0v) is 18.8. The molecule has 1 fully saturated rings. The van der Waals surface area contributed by atoms with E-state index < -0.39 is 6.10 Å². The van der Waals surface area contributed by atoms with Crippen LogP contribution in [0.4, 0.5) is 0 Å². The van der Waals surface area contributed by atoms with Crippen molar-refractivity contribution < 1.29 is 19.3 Å². The lowest BCUT2D eigenvalue weighted by Gasteiger charge is -2.35. The highest BCUT2D eigenvalue weighted by molar-refractivity contribution is 5.44. The van der Waals surface area contributed by atoms with Crippen molar-refractivity contribution in [3.8, 4) is 17.2 Å². The lowest BCUT2D eigenvalue weighted by atomic mass is 9.86. The molecular weight excluding hydrogens is 392 g/mol. The average molecular weight is 427 g/mol. The molecule has 2 heterocycles. The quantitative estimate of drug-likeness (QED) is 0.734. The molecule has 2 aliphatic rings. The summed E-state index contributed by atoms with van der Waals surface area (Å²) in [5, 5.41) is 10.5. The van der Waals surface area contributed by atoms with E-state index in [0.29, 0.717) is 19.9 Å². The summed E-state index contributed by atoms with van der Waals surface area (Å²) in [5.74, 6) is 2.53. The van der Waals surface area contributed by atoms with Crippen LogP contribution in [0.1, 0.15) is 31.9 Å². The summed E-state index contributed by atoms with van der Waals surface area (Å²) in [6, 6.07) is 14.3. The number of para-hydroxylation sites is 1. The van der Waals surface area contributed by atoms with Crippen molar-refractivity contribution in [3.05, 3.63) is 53.6 Å². The van der Waals surface area contributed by atoms with Gasteiger partial charge in [0, 0.05) is 39.3 Å². The minimum atomic E-state index is -0.506. The number of benzene rings is 2. The number of rotatable bonds is 7. The van der Waals surface area contributed by atoms with Crippen LogP contribution >= 0.6 is 0 Å². The lowest BCUT2D eigenvalue weighted by molar-refractivity contribution is 0.0442. The van der Waals surface area contributed by atoms with Gasteiger partial charge in [-0.2, -0.15) is 0 Å². The molecule has 1 unspecified atom stereocenters. The molecule has 2 aliphatic heterocycles. The standard InChI is InChI=1S/C25H34N2O4/c1-25(2,3)21-6-4-5-7-22(21)29-17-20(28)16-27-12-10-26(11-13-27)15-19-8-9-23-24(14-19)31-18-30-23/h4-9,14,20,28H,10-13,15-18H2,1-3H3. The molecule has 168 valence electrons. The molecule has 6 nitrogen and oxygen atoms in total. The van der Waals surface area contributed by atoms with Gasteiger partial charge in [0.15, 0.2) is 11.5 Å². The predicted octanol–water partition coefficient (Wildman–Crippen LogP) is 3.27. The first-order valence-corrected chi connectivity index (χ1v) is 11.1. The Kier molecular flexibility index (Phi) is 6.70. The Bertz CT molecular complexity index is 872. The fraction of sp³-hybridized carbons (Fsp3) is 0.520. The number of hydrogen-bond acceptors (Lipinski definition) is 6. The van der Waals surface area contributed by atoms with Crippen molar-refractivity contribution in [2.45, 2.75) is 38.8 Å². The summed E-state index contributed by atoms with van der Waals surface area (Å²) in [5.41, 5.74) is 2.42. The van der Waals surface area contributed by atoms with E-state index in [2.05, 4.69) is 48.8 Å². The van der Waals surface area contributed by atoms with Crippen LogP contribution in [0.15, 0.2) is 42.5 Å². The molecule has 0 bridgehead atoms. The normalized spacial score (nSPS) is 18.2. The first kappa shape index (κ1) is 21.9. The fourth-order valence-corrected chi connectivity index (χ4v) is 4.18. The second-order valence-corrected chi connectivity index (χ2v) is 9.48. The van der Waals surface area contributed by atoms with E-state index in [0.717, 1.165) is 50.0 Å². The number of fused-ring (bicyclic) bond motifs is 1. The maximum absolute atomic E-state index is 10.5. The van der Waals surface area contributed by atoms with Crippen LogP contribution in [0.2, 0.25) is 0 Å². The molecule has 1 saturated heterocycles. The Morgan fingerprint density at radius 2 is 1.68 bits per heavy atom. The summed E-state index contributed by atoms with van der Waals surface area (Å²) >= 11 is 0. The van der Waals surface area contributed by atoms with Gasteiger partial charge in [-0.05, 0) is 34.7 Å². The molecule has 1 N–H and O–H groups in total. The molecule has 0 spiro atoms. The highest BCUT2D eigenvalue weighted by Gasteiger charge is 2.22. The molecule has 31 heavy (non-hydrogen) atoms. The summed E-state index contributed by atoms with van der Waals surface area (Å²) in [6.07, 6.45) is -0.506. The number of β-amino-alcohol motifs (C(OH)–C–C–N with tert-alkyl or cyclic N) is 1. The Morgan fingerprint density at radius 1 is 0.968 bits per heavy atom. The van der Waals surface area contributed by atoms with Crippen molar-refractivity contribution >= 4 is 0 Å². The van der Waals surface area contributed by atoms with Crippen LogP contribution < -0.4 is 14.2 Å². The smallest absolute Gasteiger partial charge is 0.231 e. The molecule has 0 radical (unpaired) electrons. The molecule has 0 amide bonds. The predicted molar refractivity (Wildman–Crippen MR) is 121 cm³/mol. The number of hydrogen-bond donors (Lipinski definition) is 1. The minimum Gasteiger partial charge on any atom is -0.491 e. The fourth-order valence-electron chi connectivity index (χ4n) is 4.18. The van der Waals surface area contributed by atoms with E-state index in [1.165, 1.54) is 11.1 Å². The summed E-state index contributed by atoms with van der Waals surface area (Å²) in [6.45, 7) is 12.5. The monoisotopic (exact) mass is 426 g/mol. The molecule has 0 aromatic heterocycles. The van der Waals surface area contributed by atoms with Gasteiger partial charge in [0.25, 0.3) is 0 Å². The van der Waals surface area contributed by atoms with Crippen molar-refractivity contribution in [2.75, 3.05) is 46.1 Å². The Morgan fingerprint density at radius 3 is 2.45 bits per heavy atom. The molecule has 2 aromatic rings. The number of ether oxygens (including phenoxy) is 3. The number of aliphatic hydroxyl groups is 1. The zero-order chi connectivity index (χ0) is 21.8. The van der Waals surface area contributed by atoms with E-state index in [9.17, 15) is 5.11 Å². The van der Waals surface area contributed by atoms with E-state index >= 15 is 0 Å². The number of aliphatic hydroxyl groups excluding tert-OH is 1. The van der Waals surface area contributed by atoms with Gasteiger partial charge >= 0.3 is 0 Å². The molecule has 0 saturated carbocycles. The van der Waals surface area contributed by atoms with Crippen LogP contribution in [0.25, 0.3) is 0 Å². The second-order valence-electron chi connectivity index (χ2n) is 9.48. The van der Waals surface area contributed by atoms with Gasteiger partial charge in [-0.15, -0.1) is 0 Å². The van der Waals surface area contributed by atoms with Gasteiger partial charge in [0.2, 0.25) is 6.79 Å². The summed E-state index contributed by atoms with van der Waals surface area (Å²) in [4.78, 5) is 4.76. The lowest BCUT2D eigenvalue weighted by Crippen LogP contribution is -2.48. The van der Waals surface area contributed by atoms with Gasteiger partial charge < -0.3 is 19.3 Å². The second kappa shape index (κ2) is 9.47. The van der Waals surface area contributed by atoms with Crippen molar-refractivity contribution in [1.29, 1.82) is 0 Å². The summed E-state index contributed by atoms with van der Waals surface area (Å²) in [7, 11) is 0. The molecule has 0 aliphatic carbocycles. The number of nitrogens with zero attached hydrogens (tertiary/aromatic N) is 2. The Hall–Kier alpha value is -2.28. The Labute approximate surface area is 185 Å². The third-order valence-electron chi connectivity index (χ3n) is 5.90. The van der Waals surface area contributed by atoms with Crippen LogP contribution in [0.3, 0.4) is 0 Å². The first-order valence-electron chi connectivity index (χ1n) is 11.1. The highest BCUT2D eigenvalue weighted by atomic mass is 16.7. The van der Waals surface area contributed by atoms with Gasteiger partial charge in [0.1, 0.15) is 18.5 Å². The minimum absolute atomic E-state index is 0.00978. The van der Waals surface area contributed by atoms with Gasteiger partial charge in [0.05, 0.1) is 0 Å². The summed E-state index contributed by atoms with van der Waals surface area (Å²) < 4.78 is 16.9. The van der Waals surface area contributed by atoms with Crippen LogP contribution in [0.5, 0.6) is 17.2 Å². The van der Waals surface area contributed by atoms with E-state index in [1.54, 1.807) is 0 Å². The molecule has 6 heteroatoms. The molecular formula is C25H34N2O4. The van der Waals surface area contributed by atoms with E-state index in [1.807, 2.05) is 24.3 Å². The highest BCUT2D eigenvalue weighted by Crippen LogP contribution is 2.33. The topological polar surface area (TPSA) is 54.4 Å². The first-order chi connectivity index (χ1) is 14.9. The van der Waals surface area contributed by atoms with Gasteiger partial charge in [-0.1, -0.05) is 45.0 Å². The third kappa shape index (κ3) is 5.70. The van der Waals surface area contributed by atoms with Crippen LogP contribution in [-0.4, -0.2) is 67.1 Å². The molecule has 4 rings (SSSR count). The van der Waals surface area contributed by atoms with Crippen molar-refractivity contribution in [1.82, 2.24) is 9.80 Å². The SMILES string of the molecule is CC(C)(C)c1ccccc1OCC(O)CN1CCN(Cc2ccc3c(c2)OCO3)CC1. The van der Waals surface area contributed by atoms with Crippen molar-refractivity contribution in [2.24, 2.45) is 0 Å². The Balaban J connectivity index is 1.21. The maximum Gasteiger partial charge on any atom is 0.231 e. The zero-order valence-electron chi connectivity index (χ0n) is 18.8. The molecule has 2 aromatic carbocycles. The average Bonchev–Trinajstić information content (AvgIpc) is 3.21. The van der Waals surface area contributed by atoms with E-state index in [-0.39, 0.29) is 5.41 Å². The van der Waals surface area contributed by atoms with Gasteiger partial charge in [-0.3, -0.25) is 9.80 Å². The van der Waals surface area contributed by atoms with E-state index in [4.69, 9.17) is 14.2 Å².